The minimum Gasteiger partial charge on any atom is -0.410 e. The van der Waals surface area contributed by atoms with Crippen molar-refractivity contribution in [3.63, 3.8) is 0 Å². The first-order valence-electron chi connectivity index (χ1n) is 3.94. The summed E-state index contributed by atoms with van der Waals surface area (Å²) >= 11 is 0. The molecule has 4 nitrogen and oxygen atoms in total. The lowest BCUT2D eigenvalue weighted by atomic mass is 10.1. The van der Waals surface area contributed by atoms with E-state index in [0.717, 1.165) is 0 Å². The number of rotatable bonds is 2. The van der Waals surface area contributed by atoms with Gasteiger partial charge in [0.15, 0.2) is 0 Å². The van der Waals surface area contributed by atoms with Crippen LogP contribution in [0.15, 0.2) is 5.16 Å². The van der Waals surface area contributed by atoms with Gasteiger partial charge < -0.3 is 10.5 Å². The molecule has 0 aliphatic rings. The third-order valence-electron chi connectivity index (χ3n) is 1.21. The molecule has 0 radical (unpaired) electrons. The topological polar surface area (TPSA) is 61.7 Å². The number of oxime groups is 1. The Hall–Kier alpha value is -1.06. The van der Waals surface area contributed by atoms with Gasteiger partial charge in [-0.1, -0.05) is 12.1 Å². The van der Waals surface area contributed by atoms with Gasteiger partial charge >= 0.3 is 0 Å². The van der Waals surface area contributed by atoms with Gasteiger partial charge in [-0.2, -0.15) is 0 Å². The molecule has 0 aliphatic heterocycles. The Morgan fingerprint density at radius 3 is 2.25 bits per heavy atom. The predicted octanol–water partition coefficient (Wildman–Crippen LogP) is 1.14. The second kappa shape index (κ2) is 4.09. The molecule has 0 bridgehead atoms. The maximum Gasteiger partial charge on any atom is 0.269 e. The van der Waals surface area contributed by atoms with E-state index in [4.69, 9.17) is 5.21 Å². The van der Waals surface area contributed by atoms with Gasteiger partial charge in [-0.05, 0) is 27.2 Å². The molecule has 0 atom stereocenters. The molecular formula is C8H16N2O2. The second-order valence-corrected chi connectivity index (χ2v) is 3.60. The second-order valence-electron chi connectivity index (χ2n) is 3.60. The number of hydrogen-bond acceptors (Lipinski definition) is 3. The normalized spacial score (nSPS) is 12.8. The Kier molecular flexibility index (Phi) is 3.73. The zero-order valence-electron chi connectivity index (χ0n) is 8.01. The molecule has 0 unspecified atom stereocenters. The van der Waals surface area contributed by atoms with Crippen LogP contribution < -0.4 is 5.32 Å². The summed E-state index contributed by atoms with van der Waals surface area (Å²) in [5.74, 6) is -0.312. The van der Waals surface area contributed by atoms with Gasteiger partial charge in [-0.15, -0.1) is 0 Å². The van der Waals surface area contributed by atoms with Crippen molar-refractivity contribution in [2.75, 3.05) is 0 Å². The van der Waals surface area contributed by atoms with E-state index in [2.05, 4.69) is 10.5 Å². The maximum atomic E-state index is 11.2. The van der Waals surface area contributed by atoms with Crippen molar-refractivity contribution in [1.82, 2.24) is 5.32 Å². The molecule has 0 aromatic heterocycles. The molecule has 0 aromatic rings. The lowest BCUT2D eigenvalue weighted by molar-refractivity contribution is -0.116. The number of hydrogen-bond donors (Lipinski definition) is 2. The van der Waals surface area contributed by atoms with Gasteiger partial charge in [0, 0.05) is 5.54 Å². The fraction of sp³-hybridized carbons (Fsp3) is 0.750. The summed E-state index contributed by atoms with van der Waals surface area (Å²) in [7, 11) is 0. The van der Waals surface area contributed by atoms with E-state index in [1.807, 2.05) is 20.8 Å². The van der Waals surface area contributed by atoms with Crippen LogP contribution in [0, 0.1) is 0 Å². The van der Waals surface area contributed by atoms with Crippen LogP contribution in [-0.4, -0.2) is 22.4 Å². The fourth-order valence-electron chi connectivity index (χ4n) is 0.689. The minimum absolute atomic E-state index is 0.157. The number of carbonyl (C=O) groups is 1. The number of carbonyl (C=O) groups excluding carboxylic acids is 1. The summed E-state index contributed by atoms with van der Waals surface area (Å²) in [4.78, 5) is 11.2. The maximum absolute atomic E-state index is 11.2. The van der Waals surface area contributed by atoms with Crippen molar-refractivity contribution in [3.8, 4) is 0 Å². The zero-order valence-corrected chi connectivity index (χ0v) is 8.01. The smallest absolute Gasteiger partial charge is 0.269 e. The van der Waals surface area contributed by atoms with Crippen LogP contribution in [-0.2, 0) is 4.79 Å². The van der Waals surface area contributed by atoms with Gasteiger partial charge in [0.05, 0.1) is 0 Å². The molecule has 0 fully saturated rings. The molecule has 2 N–H and O–H groups in total. The van der Waals surface area contributed by atoms with E-state index in [9.17, 15) is 4.79 Å². The molecular weight excluding hydrogens is 156 g/mol. The summed E-state index contributed by atoms with van der Waals surface area (Å²) in [6, 6.07) is 0. The highest BCUT2D eigenvalue weighted by atomic mass is 16.4. The largest absolute Gasteiger partial charge is 0.410 e. The SMILES string of the molecule is CC/C(=N\O)C(=O)NC(C)(C)C. The van der Waals surface area contributed by atoms with Crippen molar-refractivity contribution in [1.29, 1.82) is 0 Å². The van der Waals surface area contributed by atoms with Gasteiger partial charge in [-0.3, -0.25) is 4.79 Å². The highest BCUT2D eigenvalue weighted by Crippen LogP contribution is 1.99. The Morgan fingerprint density at radius 1 is 1.50 bits per heavy atom. The van der Waals surface area contributed by atoms with Crippen molar-refractivity contribution in [3.05, 3.63) is 0 Å². The summed E-state index contributed by atoms with van der Waals surface area (Å²) in [6.45, 7) is 7.37. The van der Waals surface area contributed by atoms with E-state index in [1.54, 1.807) is 6.92 Å². The Morgan fingerprint density at radius 2 is 2.00 bits per heavy atom. The van der Waals surface area contributed by atoms with Crippen molar-refractivity contribution < 1.29 is 10.0 Å². The molecule has 0 rings (SSSR count). The monoisotopic (exact) mass is 172 g/mol. The lowest BCUT2D eigenvalue weighted by Gasteiger charge is -2.20. The highest BCUT2D eigenvalue weighted by molar-refractivity contribution is 6.38. The Bertz CT molecular complexity index is 192. The summed E-state index contributed by atoms with van der Waals surface area (Å²) in [5.41, 5.74) is -0.132. The molecule has 0 saturated heterocycles. The zero-order chi connectivity index (χ0) is 9.78. The van der Waals surface area contributed by atoms with Crippen LogP contribution in [0.25, 0.3) is 0 Å². The average Bonchev–Trinajstić information content (AvgIpc) is 1.85. The van der Waals surface area contributed by atoms with Crippen molar-refractivity contribution in [2.45, 2.75) is 39.7 Å². The molecule has 70 valence electrons. The van der Waals surface area contributed by atoms with Crippen molar-refractivity contribution >= 4 is 11.6 Å². The van der Waals surface area contributed by atoms with Gasteiger partial charge in [0.25, 0.3) is 5.91 Å². The van der Waals surface area contributed by atoms with E-state index < -0.39 is 0 Å². The number of nitrogens with one attached hydrogen (secondary N) is 1. The quantitative estimate of drug-likeness (QED) is 0.373. The first-order valence-corrected chi connectivity index (χ1v) is 3.94. The molecule has 12 heavy (non-hydrogen) atoms. The van der Waals surface area contributed by atoms with E-state index in [-0.39, 0.29) is 17.2 Å². The van der Waals surface area contributed by atoms with Crippen LogP contribution in [0.2, 0.25) is 0 Å². The first kappa shape index (κ1) is 10.9. The van der Waals surface area contributed by atoms with E-state index in [0.29, 0.717) is 6.42 Å². The third-order valence-corrected chi connectivity index (χ3v) is 1.21. The highest BCUT2D eigenvalue weighted by Gasteiger charge is 2.17. The molecule has 0 heterocycles. The van der Waals surface area contributed by atoms with Crippen LogP contribution >= 0.6 is 0 Å². The summed E-state index contributed by atoms with van der Waals surface area (Å²) < 4.78 is 0. The molecule has 0 spiro atoms. The first-order chi connectivity index (χ1) is 5.40. The molecule has 0 saturated carbocycles. The van der Waals surface area contributed by atoms with Crippen molar-refractivity contribution in [2.24, 2.45) is 5.16 Å². The Balaban J connectivity index is 4.23. The van der Waals surface area contributed by atoms with Crippen LogP contribution in [0.5, 0.6) is 0 Å². The minimum atomic E-state index is -0.312. The molecule has 1 amide bonds. The fourth-order valence-corrected chi connectivity index (χ4v) is 0.689. The summed E-state index contributed by atoms with van der Waals surface area (Å²) in [6.07, 6.45) is 0.429. The molecule has 4 heteroatoms. The lowest BCUT2D eigenvalue weighted by Crippen LogP contribution is -2.44. The average molecular weight is 172 g/mol. The summed E-state index contributed by atoms with van der Waals surface area (Å²) in [5, 5.41) is 14.0. The number of amides is 1. The Labute approximate surface area is 72.6 Å². The standard InChI is InChI=1S/C8H16N2O2/c1-5-6(10-12)7(11)9-8(2,3)4/h12H,5H2,1-4H3,(H,9,11)/b10-6+. The van der Waals surface area contributed by atoms with Crippen LogP contribution in [0.3, 0.4) is 0 Å². The van der Waals surface area contributed by atoms with E-state index >= 15 is 0 Å². The van der Waals surface area contributed by atoms with Gasteiger partial charge in [0.1, 0.15) is 5.71 Å². The van der Waals surface area contributed by atoms with Gasteiger partial charge in [0.2, 0.25) is 0 Å². The third kappa shape index (κ3) is 3.95. The van der Waals surface area contributed by atoms with Gasteiger partial charge in [-0.25, -0.2) is 0 Å². The molecule has 0 aliphatic carbocycles. The molecule has 0 aromatic carbocycles. The van der Waals surface area contributed by atoms with Crippen LogP contribution in [0.4, 0.5) is 0 Å². The predicted molar refractivity (Wildman–Crippen MR) is 47.4 cm³/mol. The van der Waals surface area contributed by atoms with Crippen LogP contribution in [0.1, 0.15) is 34.1 Å². The van der Waals surface area contributed by atoms with E-state index in [1.165, 1.54) is 0 Å². The number of nitrogens with zero attached hydrogens (tertiary/aromatic N) is 1.